The number of ether oxygens (including phenoxy) is 1. The molecule has 0 radical (unpaired) electrons. The Hall–Kier alpha value is -2.78. The Morgan fingerprint density at radius 3 is 2.36 bits per heavy atom. The zero-order chi connectivity index (χ0) is 18.2. The quantitative estimate of drug-likeness (QED) is 0.661. The van der Waals surface area contributed by atoms with Crippen LogP contribution in [0.2, 0.25) is 0 Å². The lowest BCUT2D eigenvalue weighted by atomic mass is 10.1. The molecule has 25 heavy (non-hydrogen) atoms. The second-order valence-corrected chi connectivity index (χ2v) is 5.45. The van der Waals surface area contributed by atoms with Crippen molar-refractivity contribution in [2.45, 2.75) is 25.8 Å². The highest BCUT2D eigenvalue weighted by atomic mass is 19.4. The van der Waals surface area contributed by atoms with E-state index in [2.05, 4.69) is 20.0 Å². The van der Waals surface area contributed by atoms with Gasteiger partial charge in [-0.25, -0.2) is 13.5 Å². The van der Waals surface area contributed by atoms with E-state index in [-0.39, 0.29) is 5.75 Å². The molecule has 0 amide bonds. The molecule has 132 valence electrons. The predicted molar refractivity (Wildman–Crippen MR) is 78.1 cm³/mol. The van der Waals surface area contributed by atoms with Gasteiger partial charge in [-0.2, -0.15) is 0 Å². The second-order valence-electron chi connectivity index (χ2n) is 5.45. The number of nitrogens with zero attached hydrogens (tertiary/aromatic N) is 4. The summed E-state index contributed by atoms with van der Waals surface area (Å²) in [6.07, 6.45) is -3.41. The van der Waals surface area contributed by atoms with E-state index in [9.17, 15) is 22.0 Å². The first-order valence-electron chi connectivity index (χ1n) is 7.04. The molecule has 0 bridgehead atoms. The minimum Gasteiger partial charge on any atom is -0.406 e. The number of pyridine rings is 1. The summed E-state index contributed by atoms with van der Waals surface area (Å²) in [6, 6.07) is 6.56. The van der Waals surface area contributed by atoms with Gasteiger partial charge in [0.1, 0.15) is 17.8 Å². The normalized spacial score (nSPS) is 12.6. The van der Waals surface area contributed by atoms with E-state index in [1.807, 2.05) is 0 Å². The first-order valence-corrected chi connectivity index (χ1v) is 7.04. The molecular formula is C15H11F5N4O. The van der Waals surface area contributed by atoms with Crippen LogP contribution in [0.1, 0.15) is 6.92 Å². The molecule has 2 heterocycles. The zero-order valence-electron chi connectivity index (χ0n) is 12.8. The molecule has 0 saturated carbocycles. The molecule has 0 aliphatic heterocycles. The summed E-state index contributed by atoms with van der Waals surface area (Å²) < 4.78 is 67.8. The molecule has 0 aliphatic rings. The van der Waals surface area contributed by atoms with Gasteiger partial charge in [-0.05, 0) is 30.3 Å². The second kappa shape index (κ2) is 5.94. The van der Waals surface area contributed by atoms with Crippen LogP contribution in [0, 0.1) is 0 Å². The molecule has 0 saturated heterocycles. The largest absolute Gasteiger partial charge is 0.573 e. The average molecular weight is 358 g/mol. The molecule has 0 fully saturated rings. The van der Waals surface area contributed by atoms with Crippen LogP contribution < -0.4 is 4.74 Å². The Kier molecular flexibility index (Phi) is 4.05. The number of halogens is 5. The lowest BCUT2D eigenvalue weighted by molar-refractivity contribution is -0.274. The van der Waals surface area contributed by atoms with Crippen LogP contribution in [-0.2, 0) is 6.54 Å². The third-order valence-corrected chi connectivity index (χ3v) is 3.21. The van der Waals surface area contributed by atoms with Gasteiger partial charge in [-0.15, -0.1) is 18.3 Å². The molecule has 2 aromatic heterocycles. The van der Waals surface area contributed by atoms with Crippen LogP contribution in [0.25, 0.3) is 22.3 Å². The number of fused-ring (bicyclic) bond motifs is 1. The molecule has 0 unspecified atom stereocenters. The number of aromatic nitrogens is 4. The molecule has 0 aliphatic carbocycles. The highest BCUT2D eigenvalue weighted by Gasteiger charge is 2.31. The van der Waals surface area contributed by atoms with Crippen LogP contribution in [-0.4, -0.2) is 32.3 Å². The highest BCUT2D eigenvalue weighted by molar-refractivity contribution is 5.78. The van der Waals surface area contributed by atoms with Gasteiger partial charge >= 0.3 is 6.36 Å². The van der Waals surface area contributed by atoms with Crippen molar-refractivity contribution >= 4 is 11.0 Å². The van der Waals surface area contributed by atoms with Gasteiger partial charge in [0.2, 0.25) is 0 Å². The summed E-state index contributed by atoms with van der Waals surface area (Å²) >= 11 is 0. The standard InChI is InChI=1S/C15H11F5N4O/c1-14(16,17)8-24-13-6-11(21-7-12(13)22-23-24)9-2-4-10(5-3-9)25-15(18,19)20/h2-7H,8H2,1H3. The molecule has 3 rings (SSSR count). The van der Waals surface area contributed by atoms with E-state index < -0.39 is 18.8 Å². The van der Waals surface area contributed by atoms with Crippen molar-refractivity contribution in [3.05, 3.63) is 36.5 Å². The Morgan fingerprint density at radius 1 is 1.08 bits per heavy atom. The van der Waals surface area contributed by atoms with Crippen molar-refractivity contribution in [2.24, 2.45) is 0 Å². The lowest BCUT2D eigenvalue weighted by Gasteiger charge is -2.10. The molecular weight excluding hydrogens is 347 g/mol. The maximum atomic E-state index is 13.2. The topological polar surface area (TPSA) is 52.8 Å². The van der Waals surface area contributed by atoms with Gasteiger partial charge < -0.3 is 4.74 Å². The number of benzene rings is 1. The highest BCUT2D eigenvalue weighted by Crippen LogP contribution is 2.27. The fraction of sp³-hybridized carbons (Fsp3) is 0.267. The predicted octanol–water partition coefficient (Wildman–Crippen LogP) is 4.05. The first kappa shape index (κ1) is 17.1. The average Bonchev–Trinajstić information content (AvgIpc) is 2.87. The van der Waals surface area contributed by atoms with Crippen LogP contribution in [0.4, 0.5) is 22.0 Å². The minimum absolute atomic E-state index is 0.338. The summed E-state index contributed by atoms with van der Waals surface area (Å²) in [5, 5.41) is 7.44. The van der Waals surface area contributed by atoms with Crippen LogP contribution in [0.5, 0.6) is 5.75 Å². The van der Waals surface area contributed by atoms with Crippen molar-refractivity contribution in [3.63, 3.8) is 0 Å². The van der Waals surface area contributed by atoms with E-state index >= 15 is 0 Å². The Bertz CT molecular complexity index is 884. The number of hydrogen-bond acceptors (Lipinski definition) is 4. The van der Waals surface area contributed by atoms with Gasteiger partial charge in [0.15, 0.2) is 0 Å². The van der Waals surface area contributed by atoms with Crippen LogP contribution >= 0.6 is 0 Å². The Labute approximate surface area is 138 Å². The van der Waals surface area contributed by atoms with Crippen molar-refractivity contribution in [2.75, 3.05) is 0 Å². The van der Waals surface area contributed by atoms with Gasteiger partial charge in [0.25, 0.3) is 5.92 Å². The number of alkyl halides is 5. The minimum atomic E-state index is -4.78. The van der Waals surface area contributed by atoms with Crippen molar-refractivity contribution < 1.29 is 26.7 Å². The van der Waals surface area contributed by atoms with Crippen LogP contribution in [0.15, 0.2) is 36.5 Å². The Morgan fingerprint density at radius 2 is 1.76 bits per heavy atom. The van der Waals surface area contributed by atoms with Gasteiger partial charge in [-0.3, -0.25) is 4.98 Å². The van der Waals surface area contributed by atoms with Crippen molar-refractivity contribution in [1.29, 1.82) is 0 Å². The molecule has 5 nitrogen and oxygen atoms in total. The molecule has 0 N–H and O–H groups in total. The van der Waals surface area contributed by atoms with Gasteiger partial charge in [0.05, 0.1) is 17.4 Å². The monoisotopic (exact) mass is 358 g/mol. The van der Waals surface area contributed by atoms with Gasteiger partial charge in [0, 0.05) is 12.5 Å². The van der Waals surface area contributed by atoms with E-state index in [0.717, 1.165) is 23.7 Å². The third kappa shape index (κ3) is 4.20. The smallest absolute Gasteiger partial charge is 0.406 e. The molecule has 3 aromatic rings. The SMILES string of the molecule is CC(F)(F)Cn1nnc2cnc(-c3ccc(OC(F)(F)F)cc3)cc21. The van der Waals surface area contributed by atoms with Crippen molar-refractivity contribution in [1.82, 2.24) is 20.0 Å². The van der Waals surface area contributed by atoms with E-state index in [0.29, 0.717) is 22.3 Å². The summed E-state index contributed by atoms with van der Waals surface area (Å²) in [5.41, 5.74) is 1.56. The number of hydrogen-bond donors (Lipinski definition) is 0. The number of rotatable bonds is 4. The first-order chi connectivity index (χ1) is 11.6. The zero-order valence-corrected chi connectivity index (χ0v) is 12.8. The van der Waals surface area contributed by atoms with Crippen LogP contribution in [0.3, 0.4) is 0 Å². The maximum Gasteiger partial charge on any atom is 0.573 e. The summed E-state index contributed by atoms with van der Waals surface area (Å²) in [7, 11) is 0. The molecule has 10 heteroatoms. The lowest BCUT2D eigenvalue weighted by Crippen LogP contribution is -2.20. The fourth-order valence-electron chi connectivity index (χ4n) is 2.24. The summed E-state index contributed by atoms with van der Waals surface area (Å²) in [6.45, 7) is 0.118. The molecule has 0 atom stereocenters. The maximum absolute atomic E-state index is 13.2. The van der Waals surface area contributed by atoms with Crippen molar-refractivity contribution in [3.8, 4) is 17.0 Å². The van der Waals surface area contributed by atoms with E-state index in [1.54, 1.807) is 0 Å². The van der Waals surface area contributed by atoms with Gasteiger partial charge in [-0.1, -0.05) is 5.21 Å². The van der Waals surface area contributed by atoms with E-state index in [4.69, 9.17) is 0 Å². The Balaban J connectivity index is 1.92. The van der Waals surface area contributed by atoms with E-state index in [1.165, 1.54) is 24.4 Å². The molecule has 1 aromatic carbocycles. The third-order valence-electron chi connectivity index (χ3n) is 3.21. The summed E-state index contributed by atoms with van der Waals surface area (Å²) in [5.74, 6) is -3.34. The summed E-state index contributed by atoms with van der Waals surface area (Å²) in [4.78, 5) is 4.12. The fourth-order valence-corrected chi connectivity index (χ4v) is 2.24. The molecule has 0 spiro atoms.